The first kappa shape index (κ1) is 13.7. The molecule has 3 nitrogen and oxygen atoms in total. The van der Waals surface area contributed by atoms with E-state index in [9.17, 15) is 0 Å². The summed E-state index contributed by atoms with van der Waals surface area (Å²) in [5, 5.41) is 3.76. The van der Waals surface area contributed by atoms with Gasteiger partial charge in [-0.15, -0.1) is 12.3 Å². The van der Waals surface area contributed by atoms with Crippen molar-refractivity contribution in [3.05, 3.63) is 22.7 Å². The number of benzene rings is 1. The predicted molar refractivity (Wildman–Crippen MR) is 69.7 cm³/mol. The molecule has 0 heterocycles. The number of ether oxygens (including phenoxy) is 2. The minimum Gasteiger partial charge on any atom is -0.493 e. The number of rotatable bonds is 6. The van der Waals surface area contributed by atoms with Gasteiger partial charge in [-0.25, -0.2) is 0 Å². The molecule has 0 aliphatic rings. The molecule has 0 aliphatic carbocycles. The molecule has 0 saturated carbocycles. The van der Waals surface area contributed by atoms with Crippen LogP contribution in [0.3, 0.4) is 0 Å². The van der Waals surface area contributed by atoms with Crippen LogP contribution in [0.4, 0.5) is 0 Å². The van der Waals surface area contributed by atoms with E-state index in [0.717, 1.165) is 12.1 Å². The summed E-state index contributed by atoms with van der Waals surface area (Å²) < 4.78 is 10.4. The number of methoxy groups -OCH3 is 2. The quantitative estimate of drug-likeness (QED) is 0.624. The third kappa shape index (κ3) is 3.85. The maximum absolute atomic E-state index is 6.09. The average Bonchev–Trinajstić information content (AvgIpc) is 2.34. The van der Waals surface area contributed by atoms with Crippen LogP contribution in [0, 0.1) is 12.3 Å². The minimum absolute atomic E-state index is 0.542. The molecular formula is C13H16ClNO2. The Morgan fingerprint density at radius 1 is 1.35 bits per heavy atom. The van der Waals surface area contributed by atoms with Gasteiger partial charge in [0.1, 0.15) is 0 Å². The molecule has 17 heavy (non-hydrogen) atoms. The van der Waals surface area contributed by atoms with Crippen LogP contribution in [0.25, 0.3) is 0 Å². The van der Waals surface area contributed by atoms with Gasteiger partial charge >= 0.3 is 0 Å². The lowest BCUT2D eigenvalue weighted by atomic mass is 10.2. The van der Waals surface area contributed by atoms with Crippen LogP contribution in [-0.2, 0) is 6.54 Å². The van der Waals surface area contributed by atoms with E-state index < -0.39 is 0 Å². The highest BCUT2D eigenvalue weighted by atomic mass is 35.5. The Morgan fingerprint density at radius 3 is 2.71 bits per heavy atom. The molecule has 1 aromatic rings. The van der Waals surface area contributed by atoms with Gasteiger partial charge in [-0.1, -0.05) is 11.6 Å². The first-order valence-corrected chi connectivity index (χ1v) is 5.65. The second-order valence-electron chi connectivity index (χ2n) is 3.44. The van der Waals surface area contributed by atoms with Crippen molar-refractivity contribution in [1.29, 1.82) is 0 Å². The fourth-order valence-electron chi connectivity index (χ4n) is 1.47. The van der Waals surface area contributed by atoms with E-state index in [-0.39, 0.29) is 0 Å². The highest BCUT2D eigenvalue weighted by molar-refractivity contribution is 6.32. The van der Waals surface area contributed by atoms with E-state index in [1.54, 1.807) is 14.2 Å². The van der Waals surface area contributed by atoms with Gasteiger partial charge in [0, 0.05) is 19.5 Å². The zero-order chi connectivity index (χ0) is 12.7. The third-order valence-electron chi connectivity index (χ3n) is 2.27. The monoisotopic (exact) mass is 253 g/mol. The van der Waals surface area contributed by atoms with E-state index >= 15 is 0 Å². The second-order valence-corrected chi connectivity index (χ2v) is 3.85. The van der Waals surface area contributed by atoms with Gasteiger partial charge in [0.15, 0.2) is 11.5 Å². The van der Waals surface area contributed by atoms with Crippen molar-refractivity contribution in [3.63, 3.8) is 0 Å². The van der Waals surface area contributed by atoms with Crippen molar-refractivity contribution in [3.8, 4) is 23.8 Å². The molecule has 1 N–H and O–H groups in total. The van der Waals surface area contributed by atoms with Crippen molar-refractivity contribution >= 4 is 11.6 Å². The van der Waals surface area contributed by atoms with Crippen molar-refractivity contribution in [2.75, 3.05) is 20.8 Å². The molecule has 0 bridgehead atoms. The van der Waals surface area contributed by atoms with Crippen molar-refractivity contribution in [2.45, 2.75) is 13.0 Å². The smallest absolute Gasteiger partial charge is 0.179 e. The maximum atomic E-state index is 6.09. The van der Waals surface area contributed by atoms with Crippen LogP contribution in [-0.4, -0.2) is 20.8 Å². The Kier molecular flexibility index (Phi) is 5.68. The Morgan fingerprint density at radius 2 is 2.12 bits per heavy atom. The summed E-state index contributed by atoms with van der Waals surface area (Å²) in [5.74, 6) is 3.76. The summed E-state index contributed by atoms with van der Waals surface area (Å²) in [4.78, 5) is 0. The van der Waals surface area contributed by atoms with Gasteiger partial charge in [0.25, 0.3) is 0 Å². The molecule has 0 unspecified atom stereocenters. The molecule has 4 heteroatoms. The number of nitrogens with one attached hydrogen (secondary N) is 1. The van der Waals surface area contributed by atoms with Gasteiger partial charge < -0.3 is 14.8 Å². The highest BCUT2D eigenvalue weighted by Crippen LogP contribution is 2.35. The summed E-state index contributed by atoms with van der Waals surface area (Å²) in [6.07, 6.45) is 5.88. The van der Waals surface area contributed by atoms with Crippen LogP contribution in [0.1, 0.15) is 12.0 Å². The first-order chi connectivity index (χ1) is 8.22. The molecule has 0 saturated heterocycles. The Labute approximate surface area is 107 Å². The molecule has 1 aromatic carbocycles. The number of hydrogen-bond acceptors (Lipinski definition) is 3. The summed E-state index contributed by atoms with van der Waals surface area (Å²) in [7, 11) is 3.15. The van der Waals surface area contributed by atoms with Crippen LogP contribution in [0.5, 0.6) is 11.5 Å². The zero-order valence-corrected chi connectivity index (χ0v) is 10.8. The first-order valence-electron chi connectivity index (χ1n) is 5.27. The Bertz CT molecular complexity index is 413. The van der Waals surface area contributed by atoms with E-state index in [1.165, 1.54) is 0 Å². The molecule has 0 atom stereocenters. The summed E-state index contributed by atoms with van der Waals surface area (Å²) >= 11 is 6.09. The number of hydrogen-bond donors (Lipinski definition) is 1. The molecule has 0 amide bonds. The van der Waals surface area contributed by atoms with Gasteiger partial charge in [-0.05, 0) is 17.7 Å². The molecule has 0 aliphatic heterocycles. The van der Waals surface area contributed by atoms with E-state index in [1.807, 2.05) is 12.1 Å². The van der Waals surface area contributed by atoms with Gasteiger partial charge in [-0.2, -0.15) is 0 Å². The average molecular weight is 254 g/mol. The molecule has 0 fully saturated rings. The standard InChI is InChI=1S/C13H16ClNO2/c1-4-5-6-15-9-10-7-11(14)13(17-3)12(8-10)16-2/h1,7-8,15H,5-6,9H2,2-3H3. The lowest BCUT2D eigenvalue weighted by Gasteiger charge is -2.12. The Balaban J connectivity index is 2.74. The lowest BCUT2D eigenvalue weighted by Crippen LogP contribution is -2.14. The molecule has 0 aromatic heterocycles. The molecule has 0 spiro atoms. The van der Waals surface area contributed by atoms with Crippen LogP contribution >= 0.6 is 11.6 Å². The van der Waals surface area contributed by atoms with Gasteiger partial charge in [0.2, 0.25) is 0 Å². The molecule has 0 radical (unpaired) electrons. The van der Waals surface area contributed by atoms with E-state index in [2.05, 4.69) is 11.2 Å². The third-order valence-corrected chi connectivity index (χ3v) is 2.55. The summed E-state index contributed by atoms with van der Waals surface area (Å²) in [6, 6.07) is 3.75. The van der Waals surface area contributed by atoms with Crippen LogP contribution in [0.2, 0.25) is 5.02 Å². The van der Waals surface area contributed by atoms with E-state index in [0.29, 0.717) is 29.5 Å². The van der Waals surface area contributed by atoms with E-state index in [4.69, 9.17) is 27.5 Å². The van der Waals surface area contributed by atoms with Crippen molar-refractivity contribution in [2.24, 2.45) is 0 Å². The zero-order valence-electron chi connectivity index (χ0n) is 10.0. The molecular weight excluding hydrogens is 238 g/mol. The van der Waals surface area contributed by atoms with Gasteiger partial charge in [0.05, 0.1) is 19.2 Å². The minimum atomic E-state index is 0.542. The normalized spacial score (nSPS) is 9.76. The largest absolute Gasteiger partial charge is 0.493 e. The van der Waals surface area contributed by atoms with Crippen molar-refractivity contribution in [1.82, 2.24) is 5.32 Å². The number of terminal acetylenes is 1. The van der Waals surface area contributed by atoms with Crippen LogP contribution < -0.4 is 14.8 Å². The number of halogens is 1. The Hall–Kier alpha value is -1.37. The second kappa shape index (κ2) is 7.05. The lowest BCUT2D eigenvalue weighted by molar-refractivity contribution is 0.354. The SMILES string of the molecule is C#CCCNCc1cc(Cl)c(OC)c(OC)c1. The summed E-state index contributed by atoms with van der Waals surface area (Å²) in [6.45, 7) is 1.48. The molecule has 92 valence electrons. The fourth-order valence-corrected chi connectivity index (χ4v) is 1.78. The molecule has 1 rings (SSSR count). The fraction of sp³-hybridized carbons (Fsp3) is 0.385. The highest BCUT2D eigenvalue weighted by Gasteiger charge is 2.10. The van der Waals surface area contributed by atoms with Crippen LogP contribution in [0.15, 0.2) is 12.1 Å². The predicted octanol–water partition coefficient (Wildman–Crippen LogP) is 2.47. The maximum Gasteiger partial charge on any atom is 0.179 e. The topological polar surface area (TPSA) is 30.5 Å². The van der Waals surface area contributed by atoms with Gasteiger partial charge in [-0.3, -0.25) is 0 Å². The summed E-state index contributed by atoms with van der Waals surface area (Å²) in [5.41, 5.74) is 1.03. The van der Waals surface area contributed by atoms with Crippen molar-refractivity contribution < 1.29 is 9.47 Å².